The molecular weight excluding hydrogens is 236 g/mol. The summed E-state index contributed by atoms with van der Waals surface area (Å²) in [6, 6.07) is 1.37. The fourth-order valence-corrected chi connectivity index (χ4v) is 1.33. The number of hydrogen-bond acceptors (Lipinski definition) is 5. The summed E-state index contributed by atoms with van der Waals surface area (Å²) >= 11 is 0. The average Bonchev–Trinajstić information content (AvgIpc) is 2.30. The first-order valence-electron chi connectivity index (χ1n) is 5.47. The number of carbonyl (C=O) groups excluding carboxylic acids is 1. The van der Waals surface area contributed by atoms with Crippen molar-refractivity contribution in [1.29, 1.82) is 0 Å². The number of carbonyl (C=O) groups is 1. The van der Waals surface area contributed by atoms with Crippen molar-refractivity contribution in [2.24, 2.45) is 0 Å². The number of nitrogens with zero attached hydrogens (tertiary/aromatic N) is 3. The molecular formula is C11H16N4O3. The molecule has 98 valence electrons. The summed E-state index contributed by atoms with van der Waals surface area (Å²) in [5.74, 6) is 0.392. The molecule has 0 aliphatic carbocycles. The highest BCUT2D eigenvalue weighted by molar-refractivity contribution is 5.76. The second-order valence-corrected chi connectivity index (χ2v) is 4.08. The zero-order valence-corrected chi connectivity index (χ0v) is 10.6. The molecule has 0 spiro atoms. The predicted octanol–water partition coefficient (Wildman–Crippen LogP) is 1.19. The Kier molecular flexibility index (Phi) is 4.59. The Morgan fingerprint density at radius 1 is 1.56 bits per heavy atom. The summed E-state index contributed by atoms with van der Waals surface area (Å²) in [5, 5.41) is 13.6. The van der Waals surface area contributed by atoms with Crippen LogP contribution in [0.5, 0.6) is 0 Å². The van der Waals surface area contributed by atoms with E-state index >= 15 is 0 Å². The number of pyridine rings is 1. The Morgan fingerprint density at radius 3 is 2.78 bits per heavy atom. The second kappa shape index (κ2) is 5.95. The van der Waals surface area contributed by atoms with Gasteiger partial charge in [0, 0.05) is 38.8 Å². The molecule has 1 aromatic rings. The van der Waals surface area contributed by atoms with E-state index < -0.39 is 4.92 Å². The molecule has 0 saturated carbocycles. The molecule has 0 unspecified atom stereocenters. The molecule has 0 saturated heterocycles. The van der Waals surface area contributed by atoms with Gasteiger partial charge in [0.05, 0.1) is 11.0 Å². The topological polar surface area (TPSA) is 88.4 Å². The fourth-order valence-electron chi connectivity index (χ4n) is 1.33. The van der Waals surface area contributed by atoms with Crippen LogP contribution >= 0.6 is 0 Å². The highest BCUT2D eigenvalue weighted by Gasteiger charge is 2.12. The molecule has 1 amide bonds. The number of nitrogens with one attached hydrogen (secondary N) is 1. The van der Waals surface area contributed by atoms with Crippen molar-refractivity contribution in [1.82, 2.24) is 9.88 Å². The van der Waals surface area contributed by atoms with E-state index in [-0.39, 0.29) is 11.6 Å². The van der Waals surface area contributed by atoms with E-state index in [2.05, 4.69) is 10.3 Å². The van der Waals surface area contributed by atoms with Crippen molar-refractivity contribution in [3.8, 4) is 0 Å². The Bertz CT molecular complexity index is 460. The van der Waals surface area contributed by atoms with Crippen LogP contribution in [-0.2, 0) is 4.79 Å². The Morgan fingerprint density at radius 2 is 2.22 bits per heavy atom. The minimum atomic E-state index is -0.451. The summed E-state index contributed by atoms with van der Waals surface area (Å²) in [6.07, 6.45) is 1.75. The van der Waals surface area contributed by atoms with E-state index in [0.717, 1.165) is 0 Å². The third kappa shape index (κ3) is 3.69. The molecule has 0 atom stereocenters. The lowest BCUT2D eigenvalue weighted by molar-refractivity contribution is -0.385. The van der Waals surface area contributed by atoms with Crippen molar-refractivity contribution in [3.63, 3.8) is 0 Å². The van der Waals surface area contributed by atoms with Gasteiger partial charge in [-0.05, 0) is 6.92 Å². The molecule has 0 aliphatic rings. The third-order valence-electron chi connectivity index (χ3n) is 2.42. The van der Waals surface area contributed by atoms with Crippen LogP contribution in [0.25, 0.3) is 0 Å². The predicted molar refractivity (Wildman–Crippen MR) is 67.4 cm³/mol. The van der Waals surface area contributed by atoms with E-state index in [0.29, 0.717) is 24.3 Å². The summed E-state index contributed by atoms with van der Waals surface area (Å²) < 4.78 is 0. The van der Waals surface area contributed by atoms with Gasteiger partial charge in [-0.1, -0.05) is 0 Å². The first kappa shape index (κ1) is 13.9. The van der Waals surface area contributed by atoms with E-state index in [1.165, 1.54) is 17.2 Å². The lowest BCUT2D eigenvalue weighted by Gasteiger charge is -2.10. The average molecular weight is 252 g/mol. The fraction of sp³-hybridized carbons (Fsp3) is 0.455. The lowest BCUT2D eigenvalue weighted by Crippen LogP contribution is -2.24. The summed E-state index contributed by atoms with van der Waals surface area (Å²) in [4.78, 5) is 27.1. The number of aryl methyl sites for hydroxylation is 1. The molecule has 1 rings (SSSR count). The maximum Gasteiger partial charge on any atom is 0.277 e. The first-order valence-corrected chi connectivity index (χ1v) is 5.47. The molecule has 18 heavy (non-hydrogen) atoms. The number of aromatic nitrogens is 1. The van der Waals surface area contributed by atoms with Crippen LogP contribution in [0.3, 0.4) is 0 Å². The summed E-state index contributed by atoms with van der Waals surface area (Å²) in [5.41, 5.74) is 0.529. The molecule has 7 heteroatoms. The molecule has 0 bridgehead atoms. The maximum atomic E-state index is 11.3. The number of amides is 1. The molecule has 1 heterocycles. The standard InChI is InChI=1S/C11H16N4O3/c1-8-7-13-10(6-9(8)15(17)18)12-5-4-11(16)14(2)3/h6-7H,4-5H2,1-3H3,(H,12,13). The Balaban J connectivity index is 2.61. The monoisotopic (exact) mass is 252 g/mol. The number of hydrogen-bond donors (Lipinski definition) is 1. The van der Waals surface area contributed by atoms with Crippen molar-refractivity contribution in [3.05, 3.63) is 27.9 Å². The van der Waals surface area contributed by atoms with E-state index in [1.54, 1.807) is 21.0 Å². The van der Waals surface area contributed by atoms with Gasteiger partial charge in [0.1, 0.15) is 5.82 Å². The summed E-state index contributed by atoms with van der Waals surface area (Å²) in [7, 11) is 3.36. The van der Waals surface area contributed by atoms with Gasteiger partial charge >= 0.3 is 0 Å². The van der Waals surface area contributed by atoms with Gasteiger partial charge in [0.2, 0.25) is 5.91 Å². The van der Waals surface area contributed by atoms with Gasteiger partial charge in [-0.15, -0.1) is 0 Å². The first-order chi connectivity index (χ1) is 8.41. The molecule has 0 aliphatic heterocycles. The second-order valence-electron chi connectivity index (χ2n) is 4.08. The smallest absolute Gasteiger partial charge is 0.277 e. The van der Waals surface area contributed by atoms with Gasteiger partial charge in [-0.25, -0.2) is 4.98 Å². The van der Waals surface area contributed by atoms with Gasteiger partial charge in [0.25, 0.3) is 5.69 Å². The van der Waals surface area contributed by atoms with Crippen molar-refractivity contribution in [2.75, 3.05) is 26.0 Å². The number of rotatable bonds is 5. The molecule has 0 aromatic carbocycles. The largest absolute Gasteiger partial charge is 0.369 e. The van der Waals surface area contributed by atoms with Crippen molar-refractivity contribution in [2.45, 2.75) is 13.3 Å². The normalized spacial score (nSPS) is 9.94. The Labute approximate surface area is 105 Å². The zero-order chi connectivity index (χ0) is 13.7. The molecule has 7 nitrogen and oxygen atoms in total. The quantitative estimate of drug-likeness (QED) is 0.628. The zero-order valence-electron chi connectivity index (χ0n) is 10.6. The van der Waals surface area contributed by atoms with Crippen LogP contribution in [-0.4, -0.2) is 41.4 Å². The number of anilines is 1. The van der Waals surface area contributed by atoms with E-state index in [9.17, 15) is 14.9 Å². The van der Waals surface area contributed by atoms with Crippen molar-refractivity contribution < 1.29 is 9.72 Å². The van der Waals surface area contributed by atoms with E-state index in [1.807, 2.05) is 0 Å². The van der Waals surface area contributed by atoms with Gasteiger partial charge in [-0.3, -0.25) is 14.9 Å². The van der Waals surface area contributed by atoms with Crippen LogP contribution in [0.2, 0.25) is 0 Å². The SMILES string of the molecule is Cc1cnc(NCCC(=O)N(C)C)cc1[N+](=O)[O-]. The highest BCUT2D eigenvalue weighted by Crippen LogP contribution is 2.19. The third-order valence-corrected chi connectivity index (χ3v) is 2.42. The maximum absolute atomic E-state index is 11.3. The van der Waals surface area contributed by atoms with Crippen molar-refractivity contribution >= 4 is 17.4 Å². The molecule has 0 fully saturated rings. The minimum absolute atomic E-state index is 0.0101. The van der Waals surface area contributed by atoms with Gasteiger partial charge < -0.3 is 10.2 Å². The highest BCUT2D eigenvalue weighted by atomic mass is 16.6. The summed E-state index contributed by atoms with van der Waals surface area (Å²) in [6.45, 7) is 2.02. The van der Waals surface area contributed by atoms with Gasteiger partial charge in [0.15, 0.2) is 0 Å². The lowest BCUT2D eigenvalue weighted by atomic mass is 10.2. The van der Waals surface area contributed by atoms with Crippen LogP contribution in [0.1, 0.15) is 12.0 Å². The van der Waals surface area contributed by atoms with Crippen LogP contribution < -0.4 is 5.32 Å². The van der Waals surface area contributed by atoms with Gasteiger partial charge in [-0.2, -0.15) is 0 Å². The molecule has 1 aromatic heterocycles. The molecule has 0 radical (unpaired) electrons. The number of nitro groups is 1. The Hall–Kier alpha value is -2.18. The minimum Gasteiger partial charge on any atom is -0.369 e. The van der Waals surface area contributed by atoms with Crippen LogP contribution in [0.15, 0.2) is 12.3 Å². The van der Waals surface area contributed by atoms with E-state index in [4.69, 9.17) is 0 Å². The molecule has 1 N–H and O–H groups in total. The van der Waals surface area contributed by atoms with Crippen LogP contribution in [0, 0.1) is 17.0 Å². The van der Waals surface area contributed by atoms with Crippen LogP contribution in [0.4, 0.5) is 11.5 Å².